The summed E-state index contributed by atoms with van der Waals surface area (Å²) in [7, 11) is 0. The van der Waals surface area contributed by atoms with Crippen molar-refractivity contribution in [3.05, 3.63) is 52.9 Å². The number of fused-ring (bicyclic) bond motifs is 2. The predicted octanol–water partition coefficient (Wildman–Crippen LogP) is 2.97. The summed E-state index contributed by atoms with van der Waals surface area (Å²) in [5.74, 6) is -2.35. The first-order valence-corrected chi connectivity index (χ1v) is 14.8. The van der Waals surface area contributed by atoms with Gasteiger partial charge in [-0.05, 0) is 26.3 Å². The summed E-state index contributed by atoms with van der Waals surface area (Å²) in [4.78, 5) is 42.6. The summed E-state index contributed by atoms with van der Waals surface area (Å²) in [6.07, 6.45) is 8.95. The zero-order chi connectivity index (χ0) is 28.0. The van der Waals surface area contributed by atoms with Gasteiger partial charge in [0.15, 0.2) is 0 Å². The lowest BCUT2D eigenvalue weighted by Gasteiger charge is -2.46. The first kappa shape index (κ1) is 27.5. The monoisotopic (exact) mass is 573 g/mol. The molecule has 6 atom stereocenters. The first-order chi connectivity index (χ1) is 18.7. The van der Waals surface area contributed by atoms with E-state index >= 15 is 0 Å². The number of carboxylic acids is 1. The second-order valence-electron chi connectivity index (χ2n) is 10.1. The molecule has 2 fully saturated rings. The maximum atomic E-state index is 12.9. The topological polar surface area (TPSA) is 116 Å². The zero-order valence-electron chi connectivity index (χ0n) is 22.1. The van der Waals surface area contributed by atoms with Gasteiger partial charge in [0, 0.05) is 28.0 Å². The second kappa shape index (κ2) is 10.8. The molecule has 0 aliphatic carbocycles. The Morgan fingerprint density at radius 1 is 1.41 bits per heavy atom. The van der Waals surface area contributed by atoms with Crippen molar-refractivity contribution in [1.82, 2.24) is 14.2 Å². The number of thioether (sulfide) groups is 1. The van der Waals surface area contributed by atoms with Gasteiger partial charge in [-0.3, -0.25) is 4.79 Å². The molecule has 12 heteroatoms. The Bertz CT molecular complexity index is 1380. The average Bonchev–Trinajstić information content (AvgIpc) is 3.63. The Kier molecular flexibility index (Phi) is 7.62. The van der Waals surface area contributed by atoms with E-state index in [9.17, 15) is 24.6 Å². The number of ether oxygens (including phenoxy) is 1. The summed E-state index contributed by atoms with van der Waals surface area (Å²) in [5.41, 5.74) is 1.00. The minimum Gasteiger partial charge on any atom is -0.477 e. The minimum absolute atomic E-state index is 0.00308. The van der Waals surface area contributed by atoms with E-state index in [1.54, 1.807) is 23.2 Å². The molecule has 10 nitrogen and oxygen atoms in total. The maximum Gasteiger partial charge on any atom is 0.410 e. The summed E-state index contributed by atoms with van der Waals surface area (Å²) in [6, 6.07) is -0.622. The van der Waals surface area contributed by atoms with Crippen molar-refractivity contribution in [2.45, 2.75) is 57.2 Å². The number of imidazole rings is 1. The number of hydrogen-bond donors (Lipinski definition) is 2. The van der Waals surface area contributed by atoms with Crippen molar-refractivity contribution in [2.24, 2.45) is 11.8 Å². The van der Waals surface area contributed by atoms with E-state index in [4.69, 9.17) is 4.74 Å². The molecule has 0 spiro atoms. The summed E-state index contributed by atoms with van der Waals surface area (Å²) in [5, 5.41) is 22.1. The van der Waals surface area contributed by atoms with Crippen LogP contribution >= 0.6 is 23.1 Å². The molecule has 0 bridgehead atoms. The van der Waals surface area contributed by atoms with E-state index in [0.29, 0.717) is 17.9 Å². The van der Waals surface area contributed by atoms with E-state index < -0.39 is 24.1 Å². The van der Waals surface area contributed by atoms with Crippen LogP contribution in [0.1, 0.15) is 32.9 Å². The van der Waals surface area contributed by atoms with Gasteiger partial charge in [-0.15, -0.1) is 11.8 Å². The highest BCUT2D eigenvalue weighted by Crippen LogP contribution is 2.52. The third-order valence-electron chi connectivity index (χ3n) is 7.68. The van der Waals surface area contributed by atoms with Crippen LogP contribution in [0.5, 0.6) is 0 Å². The molecule has 0 saturated carbocycles. The van der Waals surface area contributed by atoms with Crippen LogP contribution in [0.3, 0.4) is 0 Å². The molecular formula is C27H33N4O6S2+. The molecule has 39 heavy (non-hydrogen) atoms. The number of thiazole rings is 1. The standard InChI is InChI=1S/C27H32N4O6S2/c1-5-9-37-27(36)29-11-19(10-17(29)7-8-18-13-38-20-12-28(6-2)14-30(18)20)39-24-15(3)22-21(16(4)32)25(33)31(22)23(24)26(34)35/h5,7-8,12-17,19,21-22,32H,1,6,9-11H2,2-4H3/p+1/b8-7-/t15-,16-,17-,19+,21-,22-/m1/s1. The van der Waals surface area contributed by atoms with Crippen LogP contribution in [-0.2, 0) is 20.9 Å². The Balaban J connectivity index is 1.39. The van der Waals surface area contributed by atoms with Gasteiger partial charge in [-0.1, -0.05) is 37.0 Å². The van der Waals surface area contributed by atoms with E-state index in [-0.39, 0.29) is 41.5 Å². The number of amides is 2. The minimum atomic E-state index is -1.15. The van der Waals surface area contributed by atoms with Gasteiger partial charge in [-0.25, -0.2) is 14.2 Å². The number of likely N-dealkylation sites (tertiary alicyclic amines) is 1. The van der Waals surface area contributed by atoms with E-state index in [1.807, 2.05) is 25.4 Å². The molecule has 5 rings (SSSR count). The van der Waals surface area contributed by atoms with Crippen molar-refractivity contribution < 1.29 is 33.9 Å². The third-order valence-corrected chi connectivity index (χ3v) is 10.1. The van der Waals surface area contributed by atoms with Crippen LogP contribution in [0, 0.1) is 11.8 Å². The second-order valence-corrected chi connectivity index (χ2v) is 12.4. The molecule has 0 unspecified atom stereocenters. The fourth-order valence-electron chi connectivity index (χ4n) is 5.78. The van der Waals surface area contributed by atoms with Gasteiger partial charge in [0.25, 0.3) is 0 Å². The smallest absolute Gasteiger partial charge is 0.410 e. The predicted molar refractivity (Wildman–Crippen MR) is 148 cm³/mol. The van der Waals surface area contributed by atoms with Crippen molar-refractivity contribution in [2.75, 3.05) is 13.2 Å². The van der Waals surface area contributed by atoms with Crippen LogP contribution in [0.25, 0.3) is 10.9 Å². The molecule has 5 heterocycles. The highest BCUT2D eigenvalue weighted by molar-refractivity contribution is 8.03. The lowest BCUT2D eigenvalue weighted by molar-refractivity contribution is -0.692. The lowest BCUT2D eigenvalue weighted by Crippen LogP contribution is -2.63. The van der Waals surface area contributed by atoms with Gasteiger partial charge in [0.1, 0.15) is 24.2 Å². The molecule has 2 amide bonds. The van der Waals surface area contributed by atoms with Gasteiger partial charge < -0.3 is 24.7 Å². The fourth-order valence-corrected chi connectivity index (χ4v) is 8.21. The van der Waals surface area contributed by atoms with Crippen molar-refractivity contribution >= 4 is 52.0 Å². The molecule has 0 radical (unpaired) electrons. The first-order valence-electron chi connectivity index (χ1n) is 13.0. The lowest BCUT2D eigenvalue weighted by atomic mass is 9.79. The number of aliphatic carboxylic acids is 1. The van der Waals surface area contributed by atoms with Gasteiger partial charge in [0.05, 0.1) is 30.7 Å². The normalized spacial score (nSPS) is 27.4. The Labute approximate surface area is 234 Å². The van der Waals surface area contributed by atoms with Crippen LogP contribution in [0.15, 0.2) is 47.2 Å². The fraction of sp³-hybridized carbons (Fsp3) is 0.481. The van der Waals surface area contributed by atoms with E-state index in [0.717, 1.165) is 17.1 Å². The van der Waals surface area contributed by atoms with Gasteiger partial charge in [-0.2, -0.15) is 4.40 Å². The number of nitrogens with zero attached hydrogens (tertiary/aromatic N) is 4. The van der Waals surface area contributed by atoms with Crippen molar-refractivity contribution in [3.63, 3.8) is 0 Å². The molecule has 2 N–H and O–H groups in total. The Hall–Kier alpha value is -3.09. The summed E-state index contributed by atoms with van der Waals surface area (Å²) < 4.78 is 9.58. The van der Waals surface area contributed by atoms with Crippen LogP contribution in [0.4, 0.5) is 4.79 Å². The Morgan fingerprint density at radius 2 is 2.18 bits per heavy atom. The number of aromatic nitrogens is 2. The molecular weight excluding hydrogens is 540 g/mol. The van der Waals surface area contributed by atoms with Crippen LogP contribution in [0.2, 0.25) is 0 Å². The summed E-state index contributed by atoms with van der Waals surface area (Å²) >= 11 is 3.06. The largest absolute Gasteiger partial charge is 0.477 e. The van der Waals surface area contributed by atoms with Crippen LogP contribution < -0.4 is 4.57 Å². The zero-order valence-corrected chi connectivity index (χ0v) is 23.7. The molecule has 2 saturated heterocycles. The van der Waals surface area contributed by atoms with Crippen molar-refractivity contribution in [3.8, 4) is 0 Å². The highest BCUT2D eigenvalue weighted by Gasteiger charge is 2.60. The SMILES string of the molecule is C=CCOC(=O)N1C[C@@H](SC2=C(C(=O)O)N3C(=O)[C@H]([C@@H](C)O)[C@H]3[C@H]2C)C[C@H]1/C=C\c1csc2c[n+](CC)cn12. The van der Waals surface area contributed by atoms with Gasteiger partial charge in [0.2, 0.25) is 17.1 Å². The number of aliphatic hydroxyl groups excluding tert-OH is 1. The molecule has 2 aromatic heterocycles. The molecule has 3 aliphatic rings. The van der Waals surface area contributed by atoms with E-state index in [2.05, 4.69) is 34.0 Å². The number of carboxylic acid groups (broad SMARTS) is 1. The molecule has 2 aromatic rings. The quantitative estimate of drug-likeness (QED) is 0.269. The van der Waals surface area contributed by atoms with Crippen molar-refractivity contribution in [1.29, 1.82) is 0 Å². The number of β-lactam (4-membered cyclic amide) rings is 1. The average molecular weight is 574 g/mol. The number of hydrogen-bond acceptors (Lipinski definition) is 7. The number of carbonyl (C=O) groups excluding carboxylic acids is 2. The van der Waals surface area contributed by atoms with E-state index in [1.165, 1.54) is 22.7 Å². The molecule has 208 valence electrons. The molecule has 3 aliphatic heterocycles. The number of aryl methyl sites for hydroxylation is 1. The number of aliphatic hydroxyl groups is 1. The summed E-state index contributed by atoms with van der Waals surface area (Å²) in [6.45, 7) is 10.5. The highest BCUT2D eigenvalue weighted by atomic mass is 32.2. The van der Waals surface area contributed by atoms with Gasteiger partial charge >= 0.3 is 12.1 Å². The molecule has 0 aromatic carbocycles. The number of carbonyl (C=O) groups is 3. The Morgan fingerprint density at radius 3 is 2.85 bits per heavy atom. The maximum absolute atomic E-state index is 12.9. The van der Waals surface area contributed by atoms with Crippen LogP contribution in [-0.4, -0.2) is 79.0 Å². The third kappa shape index (κ3) is 4.78. The number of rotatable bonds is 9.